The van der Waals surface area contributed by atoms with Gasteiger partial charge in [-0.15, -0.1) is 0 Å². The molecule has 2 rings (SSSR count). The van der Waals surface area contributed by atoms with Crippen molar-refractivity contribution in [3.8, 4) is 11.5 Å². The lowest BCUT2D eigenvalue weighted by Gasteiger charge is -2.09. The van der Waals surface area contributed by atoms with Crippen LogP contribution in [0.4, 0.5) is 0 Å². The molecule has 0 spiro atoms. The number of hydrogen-bond acceptors (Lipinski definition) is 3. The molecule has 0 radical (unpaired) electrons. The maximum Gasteiger partial charge on any atom is 0.159 e. The fourth-order valence-corrected chi connectivity index (χ4v) is 2.18. The van der Waals surface area contributed by atoms with Gasteiger partial charge in [0.15, 0.2) is 5.82 Å². The van der Waals surface area contributed by atoms with Crippen LogP contribution in [0.1, 0.15) is 25.5 Å². The van der Waals surface area contributed by atoms with Gasteiger partial charge in [0.25, 0.3) is 0 Å². The predicted octanol–water partition coefficient (Wildman–Crippen LogP) is 4.63. The van der Waals surface area contributed by atoms with E-state index in [9.17, 15) is 0 Å². The molecule has 0 unspecified atom stereocenters. The highest BCUT2D eigenvalue weighted by atomic mass is 35.5. The third-order valence-electron chi connectivity index (χ3n) is 2.42. The average molecular weight is 300 g/mol. The molecule has 1 N–H and O–H groups in total. The summed E-state index contributed by atoms with van der Waals surface area (Å²) in [5, 5.41) is 0.934. The standard InChI is InChI=1S/C12H11Cl2N3S/c1-6(2)9-4-10(18)17-12(16-9)11-8(14)3-7(13)5-15-11/h3-6H,1-2H3,(H,16,17,18). The summed E-state index contributed by atoms with van der Waals surface area (Å²) in [4.78, 5) is 11.6. The fourth-order valence-electron chi connectivity index (χ4n) is 1.49. The summed E-state index contributed by atoms with van der Waals surface area (Å²) >= 11 is 17.1. The van der Waals surface area contributed by atoms with Crippen LogP contribution in [-0.4, -0.2) is 15.0 Å². The van der Waals surface area contributed by atoms with Crippen molar-refractivity contribution in [1.82, 2.24) is 15.0 Å². The Morgan fingerprint density at radius 1 is 1.28 bits per heavy atom. The number of nitrogens with one attached hydrogen (secondary N) is 1. The van der Waals surface area contributed by atoms with Gasteiger partial charge in [-0.1, -0.05) is 49.3 Å². The van der Waals surface area contributed by atoms with E-state index < -0.39 is 0 Å². The lowest BCUT2D eigenvalue weighted by atomic mass is 10.1. The number of H-pyrrole nitrogens is 1. The fraction of sp³-hybridized carbons (Fsp3) is 0.250. The van der Waals surface area contributed by atoms with Crippen LogP contribution in [0.25, 0.3) is 11.5 Å². The molecule has 18 heavy (non-hydrogen) atoms. The zero-order valence-electron chi connectivity index (χ0n) is 9.87. The van der Waals surface area contributed by atoms with E-state index in [1.54, 1.807) is 6.07 Å². The molecule has 0 aliphatic heterocycles. The van der Waals surface area contributed by atoms with Crippen LogP contribution >= 0.6 is 35.4 Å². The van der Waals surface area contributed by atoms with Crippen molar-refractivity contribution < 1.29 is 0 Å². The first kappa shape index (κ1) is 13.5. The first-order valence-corrected chi connectivity index (χ1v) is 6.56. The Labute approximate surface area is 120 Å². The lowest BCUT2D eigenvalue weighted by Crippen LogP contribution is -1.99. The quantitative estimate of drug-likeness (QED) is 0.822. The Hall–Kier alpha value is -0.970. The van der Waals surface area contributed by atoms with E-state index in [2.05, 4.69) is 28.8 Å². The zero-order valence-corrected chi connectivity index (χ0v) is 12.2. The molecule has 2 aromatic heterocycles. The Bertz CT molecular complexity index is 637. The smallest absolute Gasteiger partial charge is 0.159 e. The molecule has 2 aromatic rings. The first-order chi connectivity index (χ1) is 8.47. The predicted molar refractivity (Wildman–Crippen MR) is 76.8 cm³/mol. The van der Waals surface area contributed by atoms with Gasteiger partial charge < -0.3 is 4.98 Å². The van der Waals surface area contributed by atoms with Crippen LogP contribution in [0.3, 0.4) is 0 Å². The minimum atomic E-state index is 0.319. The highest BCUT2D eigenvalue weighted by Gasteiger charge is 2.10. The second kappa shape index (κ2) is 5.34. The van der Waals surface area contributed by atoms with Crippen molar-refractivity contribution in [3.63, 3.8) is 0 Å². The largest absolute Gasteiger partial charge is 0.342 e. The molecule has 0 aliphatic rings. The van der Waals surface area contributed by atoms with Gasteiger partial charge in [0.05, 0.1) is 10.0 Å². The van der Waals surface area contributed by atoms with Crippen LogP contribution in [0, 0.1) is 4.64 Å². The Kier molecular flexibility index (Phi) is 4.00. The normalized spacial score (nSPS) is 10.9. The van der Waals surface area contributed by atoms with Gasteiger partial charge >= 0.3 is 0 Å². The number of hydrogen-bond donors (Lipinski definition) is 1. The van der Waals surface area contributed by atoms with Crippen LogP contribution in [0.5, 0.6) is 0 Å². The second-order valence-electron chi connectivity index (χ2n) is 4.16. The van der Waals surface area contributed by atoms with Crippen LogP contribution < -0.4 is 0 Å². The minimum Gasteiger partial charge on any atom is -0.342 e. The third kappa shape index (κ3) is 2.88. The number of nitrogens with zero attached hydrogens (tertiary/aromatic N) is 2. The summed E-state index contributed by atoms with van der Waals surface area (Å²) in [6, 6.07) is 3.47. The highest BCUT2D eigenvalue weighted by molar-refractivity contribution is 7.71. The number of aromatic amines is 1. The van der Waals surface area contributed by atoms with Gasteiger partial charge in [0, 0.05) is 11.9 Å². The summed E-state index contributed by atoms with van der Waals surface area (Å²) in [7, 11) is 0. The van der Waals surface area contributed by atoms with Crippen molar-refractivity contribution in [2.24, 2.45) is 0 Å². The molecular weight excluding hydrogens is 289 g/mol. The van der Waals surface area contributed by atoms with E-state index in [0.717, 1.165) is 5.69 Å². The van der Waals surface area contributed by atoms with E-state index in [4.69, 9.17) is 35.4 Å². The van der Waals surface area contributed by atoms with Crippen LogP contribution in [0.15, 0.2) is 18.3 Å². The van der Waals surface area contributed by atoms with Crippen LogP contribution in [0.2, 0.25) is 10.0 Å². The monoisotopic (exact) mass is 299 g/mol. The van der Waals surface area contributed by atoms with Gasteiger partial charge in [-0.2, -0.15) is 0 Å². The minimum absolute atomic E-state index is 0.319. The molecule has 0 fully saturated rings. The SMILES string of the molecule is CC(C)c1cc(=S)nc(-c2ncc(Cl)cc2Cl)[nH]1. The molecule has 0 bridgehead atoms. The third-order valence-corrected chi connectivity index (χ3v) is 3.12. The van der Waals surface area contributed by atoms with E-state index in [0.29, 0.717) is 32.1 Å². The Morgan fingerprint density at radius 3 is 2.61 bits per heavy atom. The molecule has 0 atom stereocenters. The molecular formula is C12H11Cl2N3S. The van der Waals surface area contributed by atoms with Crippen molar-refractivity contribution >= 4 is 35.4 Å². The summed E-state index contributed by atoms with van der Waals surface area (Å²) < 4.78 is 0.514. The number of pyridine rings is 1. The molecule has 0 amide bonds. The van der Waals surface area contributed by atoms with E-state index in [-0.39, 0.29) is 0 Å². The molecule has 0 aliphatic carbocycles. The molecule has 2 heterocycles. The topological polar surface area (TPSA) is 41.6 Å². The molecule has 6 heteroatoms. The van der Waals surface area contributed by atoms with E-state index in [1.807, 2.05) is 6.07 Å². The van der Waals surface area contributed by atoms with Crippen LogP contribution in [-0.2, 0) is 0 Å². The lowest BCUT2D eigenvalue weighted by molar-refractivity contribution is 0.814. The van der Waals surface area contributed by atoms with Crippen molar-refractivity contribution in [1.29, 1.82) is 0 Å². The van der Waals surface area contributed by atoms with E-state index in [1.165, 1.54) is 6.20 Å². The van der Waals surface area contributed by atoms with Gasteiger partial charge in [0.1, 0.15) is 10.3 Å². The average Bonchev–Trinajstić information content (AvgIpc) is 2.27. The molecule has 94 valence electrons. The van der Waals surface area contributed by atoms with Gasteiger partial charge in [-0.25, -0.2) is 9.97 Å². The molecule has 0 aromatic carbocycles. The summed E-state index contributed by atoms with van der Waals surface area (Å²) in [6.45, 7) is 4.14. The van der Waals surface area contributed by atoms with E-state index >= 15 is 0 Å². The van der Waals surface area contributed by atoms with Crippen molar-refractivity contribution in [2.75, 3.05) is 0 Å². The zero-order chi connectivity index (χ0) is 13.3. The second-order valence-corrected chi connectivity index (χ2v) is 5.42. The first-order valence-electron chi connectivity index (χ1n) is 5.40. The number of rotatable bonds is 2. The van der Waals surface area contributed by atoms with Crippen molar-refractivity contribution in [2.45, 2.75) is 19.8 Å². The molecule has 3 nitrogen and oxygen atoms in total. The number of halogens is 2. The van der Waals surface area contributed by atoms with Crippen molar-refractivity contribution in [3.05, 3.63) is 38.7 Å². The summed E-state index contributed by atoms with van der Waals surface area (Å²) in [5.74, 6) is 0.882. The Morgan fingerprint density at radius 2 is 2.00 bits per heavy atom. The molecule has 0 saturated carbocycles. The van der Waals surface area contributed by atoms with Gasteiger partial charge in [-0.3, -0.25) is 0 Å². The maximum atomic E-state index is 6.11. The van der Waals surface area contributed by atoms with Gasteiger partial charge in [0.2, 0.25) is 0 Å². The summed E-state index contributed by atoms with van der Waals surface area (Å²) in [5.41, 5.74) is 1.55. The maximum absolute atomic E-state index is 6.11. The highest BCUT2D eigenvalue weighted by Crippen LogP contribution is 2.26. The van der Waals surface area contributed by atoms with Gasteiger partial charge in [-0.05, 0) is 18.1 Å². The number of aromatic nitrogens is 3. The Balaban J connectivity index is 2.60. The summed E-state index contributed by atoms with van der Waals surface area (Å²) in [6.07, 6.45) is 1.53. The molecule has 0 saturated heterocycles.